The van der Waals surface area contributed by atoms with Crippen LogP contribution in [0.2, 0.25) is 0 Å². The topological polar surface area (TPSA) is 66.4 Å². The van der Waals surface area contributed by atoms with E-state index in [4.69, 9.17) is 4.74 Å². The Labute approximate surface area is 187 Å². The van der Waals surface area contributed by atoms with Gasteiger partial charge in [-0.3, -0.25) is 4.79 Å². The van der Waals surface area contributed by atoms with Crippen molar-refractivity contribution in [2.75, 3.05) is 6.61 Å². The van der Waals surface area contributed by atoms with E-state index in [1.807, 2.05) is 0 Å². The molecule has 4 nitrogen and oxygen atoms in total. The number of unbranched alkanes of at least 4 members (excludes halogenated alkanes) is 8. The minimum atomic E-state index is -1.10. The van der Waals surface area contributed by atoms with Crippen LogP contribution in [0.25, 0.3) is 0 Å². The maximum Gasteiger partial charge on any atom is 1.00 e. The molecule has 27 heavy (non-hydrogen) atoms. The van der Waals surface area contributed by atoms with E-state index in [9.17, 15) is 14.7 Å². The Hall–Kier alpha value is -0.320. The van der Waals surface area contributed by atoms with Crippen LogP contribution in [0.4, 0.5) is 0 Å². The van der Waals surface area contributed by atoms with E-state index < -0.39 is 17.8 Å². The predicted octanol–water partition coefficient (Wildman–Crippen LogP) is 1.57. The van der Waals surface area contributed by atoms with E-state index in [1.165, 1.54) is 51.4 Å². The zero-order valence-electron chi connectivity index (χ0n) is 17.5. The summed E-state index contributed by atoms with van der Waals surface area (Å²) in [5.41, 5.74) is 0. The fourth-order valence-corrected chi connectivity index (χ4v) is 3.63. The first kappa shape index (κ1) is 26.7. The molecule has 0 bridgehead atoms. The van der Waals surface area contributed by atoms with Crippen molar-refractivity contribution in [1.82, 2.24) is 0 Å². The third-order valence-electron chi connectivity index (χ3n) is 5.25. The standard InChI is InChI=1S/C22H38O4.Na/c1-2-3-4-5-6-7-8-9-10-11-12-15-18-26-22(25)20-17-14-13-16-19(20)21(23)24;/h4-5,19-20H,2-3,6-18H2,1H3,(H,23,24);/q;+1/p-1/b5-4+;. The van der Waals surface area contributed by atoms with E-state index in [-0.39, 0.29) is 35.5 Å². The van der Waals surface area contributed by atoms with Crippen molar-refractivity contribution in [3.63, 3.8) is 0 Å². The van der Waals surface area contributed by atoms with Crippen LogP contribution >= 0.6 is 0 Å². The summed E-state index contributed by atoms with van der Waals surface area (Å²) < 4.78 is 5.32. The fraction of sp³-hybridized carbons (Fsp3) is 0.818. The van der Waals surface area contributed by atoms with Gasteiger partial charge in [-0.05, 0) is 38.5 Å². The summed E-state index contributed by atoms with van der Waals surface area (Å²) in [5, 5.41) is 11.1. The van der Waals surface area contributed by atoms with Gasteiger partial charge in [-0.25, -0.2) is 0 Å². The van der Waals surface area contributed by atoms with Gasteiger partial charge in [-0.15, -0.1) is 0 Å². The van der Waals surface area contributed by atoms with Crippen LogP contribution in [0, 0.1) is 11.8 Å². The number of esters is 1. The molecule has 1 saturated carbocycles. The molecule has 0 aromatic heterocycles. The summed E-state index contributed by atoms with van der Waals surface area (Å²) >= 11 is 0. The number of carboxylic acid groups (broad SMARTS) is 1. The van der Waals surface area contributed by atoms with E-state index >= 15 is 0 Å². The number of rotatable bonds is 14. The molecule has 0 radical (unpaired) electrons. The fourth-order valence-electron chi connectivity index (χ4n) is 3.63. The maximum atomic E-state index is 12.1. The Bertz CT molecular complexity index is 423. The number of hydrogen-bond acceptors (Lipinski definition) is 4. The molecule has 0 aromatic rings. The van der Waals surface area contributed by atoms with Gasteiger partial charge in [-0.2, -0.15) is 0 Å². The Morgan fingerprint density at radius 3 is 2.07 bits per heavy atom. The summed E-state index contributed by atoms with van der Waals surface area (Å²) in [6, 6.07) is 0. The number of aliphatic carboxylic acids is 1. The largest absolute Gasteiger partial charge is 1.00 e. The molecule has 2 unspecified atom stereocenters. The van der Waals surface area contributed by atoms with Gasteiger partial charge in [0.2, 0.25) is 0 Å². The van der Waals surface area contributed by atoms with E-state index in [1.54, 1.807) is 0 Å². The number of carbonyl (C=O) groups excluding carboxylic acids is 2. The van der Waals surface area contributed by atoms with Crippen LogP contribution in [-0.4, -0.2) is 18.5 Å². The van der Waals surface area contributed by atoms with Crippen LogP contribution in [0.1, 0.15) is 96.8 Å². The van der Waals surface area contributed by atoms with Crippen molar-refractivity contribution in [3.8, 4) is 0 Å². The van der Waals surface area contributed by atoms with Crippen LogP contribution in [0.15, 0.2) is 12.2 Å². The average molecular weight is 389 g/mol. The Morgan fingerprint density at radius 1 is 0.889 bits per heavy atom. The Balaban J connectivity index is 0.00000676. The predicted molar refractivity (Wildman–Crippen MR) is 102 cm³/mol. The third kappa shape index (κ3) is 12.7. The smallest absolute Gasteiger partial charge is 0.550 e. The van der Waals surface area contributed by atoms with Gasteiger partial charge in [0, 0.05) is 11.9 Å². The quantitative estimate of drug-likeness (QED) is 0.196. The van der Waals surface area contributed by atoms with Crippen molar-refractivity contribution < 1.29 is 49.0 Å². The van der Waals surface area contributed by atoms with Gasteiger partial charge in [0.15, 0.2) is 0 Å². The van der Waals surface area contributed by atoms with E-state index in [2.05, 4.69) is 19.1 Å². The molecular formula is C22H37NaO4. The molecule has 1 aliphatic carbocycles. The molecule has 0 amide bonds. The molecule has 2 atom stereocenters. The third-order valence-corrected chi connectivity index (χ3v) is 5.25. The van der Waals surface area contributed by atoms with Gasteiger partial charge < -0.3 is 14.6 Å². The second-order valence-electron chi connectivity index (χ2n) is 7.51. The molecule has 0 aliphatic heterocycles. The van der Waals surface area contributed by atoms with Crippen LogP contribution in [-0.2, 0) is 14.3 Å². The average Bonchev–Trinajstić information content (AvgIpc) is 2.65. The molecule has 150 valence electrons. The molecule has 0 heterocycles. The monoisotopic (exact) mass is 388 g/mol. The molecule has 0 N–H and O–H groups in total. The van der Waals surface area contributed by atoms with Crippen LogP contribution in [0.3, 0.4) is 0 Å². The van der Waals surface area contributed by atoms with E-state index in [0.717, 1.165) is 25.7 Å². The van der Waals surface area contributed by atoms with Crippen molar-refractivity contribution in [2.45, 2.75) is 96.8 Å². The van der Waals surface area contributed by atoms with Crippen molar-refractivity contribution in [1.29, 1.82) is 0 Å². The zero-order chi connectivity index (χ0) is 19.0. The number of allylic oxidation sites excluding steroid dienone is 2. The van der Waals surface area contributed by atoms with Crippen molar-refractivity contribution >= 4 is 11.9 Å². The van der Waals surface area contributed by atoms with Gasteiger partial charge in [-0.1, -0.05) is 70.4 Å². The van der Waals surface area contributed by atoms with Gasteiger partial charge in [0.05, 0.1) is 12.5 Å². The van der Waals surface area contributed by atoms with Gasteiger partial charge in [0.25, 0.3) is 0 Å². The molecule has 1 fully saturated rings. The molecule has 0 spiro atoms. The van der Waals surface area contributed by atoms with Crippen molar-refractivity contribution in [2.24, 2.45) is 11.8 Å². The number of hydrogen-bond donors (Lipinski definition) is 0. The first-order valence-corrected chi connectivity index (χ1v) is 10.7. The Kier molecular flexibility index (Phi) is 17.5. The van der Waals surface area contributed by atoms with Gasteiger partial charge >= 0.3 is 35.5 Å². The number of carboxylic acids is 1. The summed E-state index contributed by atoms with van der Waals surface area (Å²) in [5.74, 6) is -2.60. The molecule has 0 aromatic carbocycles. The molecule has 0 saturated heterocycles. The molecular weight excluding hydrogens is 351 g/mol. The Morgan fingerprint density at radius 2 is 1.44 bits per heavy atom. The number of carbonyl (C=O) groups is 2. The van der Waals surface area contributed by atoms with Crippen LogP contribution < -0.4 is 34.7 Å². The first-order chi connectivity index (χ1) is 12.7. The van der Waals surface area contributed by atoms with Crippen molar-refractivity contribution in [3.05, 3.63) is 12.2 Å². The molecule has 5 heteroatoms. The normalized spacial score (nSPS) is 19.6. The maximum absolute atomic E-state index is 12.1. The second kappa shape index (κ2) is 17.8. The molecule has 1 aliphatic rings. The SMILES string of the molecule is CCC/C=C/CCCCCCCCCOC(=O)C1CCCCC1C(=O)[O-].[Na+]. The first-order valence-electron chi connectivity index (χ1n) is 10.7. The van der Waals surface area contributed by atoms with E-state index in [0.29, 0.717) is 19.4 Å². The van der Waals surface area contributed by atoms with Gasteiger partial charge in [0.1, 0.15) is 0 Å². The zero-order valence-corrected chi connectivity index (χ0v) is 19.5. The second-order valence-corrected chi connectivity index (χ2v) is 7.51. The summed E-state index contributed by atoms with van der Waals surface area (Å²) in [4.78, 5) is 23.2. The summed E-state index contributed by atoms with van der Waals surface area (Å²) in [7, 11) is 0. The van der Waals surface area contributed by atoms with Crippen LogP contribution in [0.5, 0.6) is 0 Å². The summed E-state index contributed by atoms with van der Waals surface area (Å²) in [6.45, 7) is 2.61. The summed E-state index contributed by atoms with van der Waals surface area (Å²) in [6.07, 6.45) is 19.3. The minimum absolute atomic E-state index is 0. The number of ether oxygens (including phenoxy) is 1. The molecule has 1 rings (SSSR count). The minimum Gasteiger partial charge on any atom is -0.550 e.